The number of fused-ring (bicyclic) bond motifs is 6. The highest BCUT2D eigenvalue weighted by molar-refractivity contribution is 6.12. The standard InChI is InChI=1S/C38H22N4/c39-23-25-11-9-12-26(24-40)37(25)38-35(41-31-17-5-1-13-27(31)28-14-2-6-18-32(28)41)21-10-22-36(38)42-33-19-7-3-15-29(33)30-16-4-8-20-34(30)42/h1-22H. The van der Waals surface area contributed by atoms with Crippen LogP contribution in [0.3, 0.4) is 0 Å². The largest absolute Gasteiger partial charge is 0.309 e. The van der Waals surface area contributed by atoms with Gasteiger partial charge in [-0.3, -0.25) is 0 Å². The summed E-state index contributed by atoms with van der Waals surface area (Å²) in [5.74, 6) is 0. The fraction of sp³-hybridized carbons (Fsp3) is 0. The van der Waals surface area contributed by atoms with Gasteiger partial charge in [0.15, 0.2) is 0 Å². The minimum Gasteiger partial charge on any atom is -0.309 e. The zero-order valence-corrected chi connectivity index (χ0v) is 22.5. The molecule has 0 radical (unpaired) electrons. The van der Waals surface area contributed by atoms with Gasteiger partial charge in [-0.2, -0.15) is 10.5 Å². The number of hydrogen-bond acceptors (Lipinski definition) is 2. The smallest absolute Gasteiger partial charge is 0.0998 e. The molecule has 0 unspecified atom stereocenters. The van der Waals surface area contributed by atoms with Crippen LogP contribution in [0.25, 0.3) is 66.1 Å². The molecule has 42 heavy (non-hydrogen) atoms. The lowest BCUT2D eigenvalue weighted by molar-refractivity contribution is 1.13. The second-order valence-electron chi connectivity index (χ2n) is 10.4. The Hall–Kier alpha value is -6.10. The molecule has 4 heteroatoms. The Balaban J connectivity index is 1.62. The van der Waals surface area contributed by atoms with Gasteiger partial charge >= 0.3 is 0 Å². The maximum atomic E-state index is 10.4. The van der Waals surface area contributed by atoms with Crippen LogP contribution in [-0.2, 0) is 0 Å². The quantitative estimate of drug-likeness (QED) is 0.227. The van der Waals surface area contributed by atoms with Crippen molar-refractivity contribution in [2.45, 2.75) is 0 Å². The number of hydrogen-bond donors (Lipinski definition) is 0. The highest BCUT2D eigenvalue weighted by Crippen LogP contribution is 2.43. The highest BCUT2D eigenvalue weighted by atomic mass is 15.0. The molecular weight excluding hydrogens is 512 g/mol. The fourth-order valence-corrected chi connectivity index (χ4v) is 6.53. The number of rotatable bonds is 3. The van der Waals surface area contributed by atoms with E-state index in [4.69, 9.17) is 0 Å². The average Bonchev–Trinajstić information content (AvgIpc) is 3.57. The van der Waals surface area contributed by atoms with Gasteiger partial charge in [-0.05, 0) is 48.5 Å². The average molecular weight is 535 g/mol. The van der Waals surface area contributed by atoms with Gasteiger partial charge < -0.3 is 9.13 Å². The van der Waals surface area contributed by atoms with E-state index in [1.54, 1.807) is 18.2 Å². The molecule has 0 fully saturated rings. The zero-order chi connectivity index (χ0) is 28.2. The van der Waals surface area contributed by atoms with Gasteiger partial charge in [0, 0.05) is 32.7 Å². The van der Waals surface area contributed by atoms with Crippen LogP contribution in [0.1, 0.15) is 11.1 Å². The lowest BCUT2D eigenvalue weighted by atomic mass is 9.92. The molecule has 4 nitrogen and oxygen atoms in total. The number of nitrogens with zero attached hydrogens (tertiary/aromatic N) is 4. The third-order valence-electron chi connectivity index (χ3n) is 8.22. The molecule has 2 heterocycles. The summed E-state index contributed by atoms with van der Waals surface area (Å²) in [5, 5.41) is 25.3. The van der Waals surface area contributed by atoms with Crippen molar-refractivity contribution < 1.29 is 0 Å². The van der Waals surface area contributed by atoms with Crippen molar-refractivity contribution in [3.63, 3.8) is 0 Å². The lowest BCUT2D eigenvalue weighted by Gasteiger charge is -2.21. The van der Waals surface area contributed by atoms with Gasteiger partial charge in [-0.15, -0.1) is 0 Å². The van der Waals surface area contributed by atoms with Crippen molar-refractivity contribution in [3.8, 4) is 34.6 Å². The van der Waals surface area contributed by atoms with Crippen molar-refractivity contribution in [2.24, 2.45) is 0 Å². The summed E-state index contributed by atoms with van der Waals surface area (Å²) < 4.78 is 4.54. The SMILES string of the molecule is N#Cc1cccc(C#N)c1-c1c(-n2c3ccccc3c3ccccc32)cccc1-n1c2ccccc2c2ccccc21. The first kappa shape index (κ1) is 23.8. The van der Waals surface area contributed by atoms with Gasteiger partial charge in [0.05, 0.1) is 56.7 Å². The van der Waals surface area contributed by atoms with Crippen molar-refractivity contribution in [2.75, 3.05) is 0 Å². The third kappa shape index (κ3) is 3.27. The summed E-state index contributed by atoms with van der Waals surface area (Å²) >= 11 is 0. The summed E-state index contributed by atoms with van der Waals surface area (Å²) in [5.41, 5.74) is 8.46. The first-order valence-corrected chi connectivity index (χ1v) is 13.8. The molecule has 8 aromatic rings. The maximum Gasteiger partial charge on any atom is 0.0998 e. The van der Waals surface area contributed by atoms with E-state index < -0.39 is 0 Å². The lowest BCUT2D eigenvalue weighted by Crippen LogP contribution is -2.05. The molecule has 6 aromatic carbocycles. The van der Waals surface area contributed by atoms with Crippen LogP contribution in [-0.4, -0.2) is 9.13 Å². The first-order valence-electron chi connectivity index (χ1n) is 13.8. The molecule has 0 N–H and O–H groups in total. The predicted molar refractivity (Wildman–Crippen MR) is 170 cm³/mol. The van der Waals surface area contributed by atoms with Crippen molar-refractivity contribution >= 4 is 43.6 Å². The number of para-hydroxylation sites is 4. The van der Waals surface area contributed by atoms with Gasteiger partial charge in [0.2, 0.25) is 0 Å². The van der Waals surface area contributed by atoms with Crippen LogP contribution in [0.5, 0.6) is 0 Å². The number of nitriles is 2. The number of aromatic nitrogens is 2. The van der Waals surface area contributed by atoms with E-state index in [1.165, 1.54) is 0 Å². The molecule has 0 aliphatic rings. The molecule has 0 bridgehead atoms. The van der Waals surface area contributed by atoms with E-state index in [1.807, 2.05) is 0 Å². The minimum absolute atomic E-state index is 0.462. The second-order valence-corrected chi connectivity index (χ2v) is 10.4. The molecule has 0 spiro atoms. The van der Waals surface area contributed by atoms with Gasteiger partial charge in [-0.25, -0.2) is 0 Å². The van der Waals surface area contributed by atoms with Crippen molar-refractivity contribution in [1.82, 2.24) is 9.13 Å². The Kier molecular flexibility index (Phi) is 5.22. The molecule has 0 aliphatic carbocycles. The Labute approximate surface area is 242 Å². The van der Waals surface area contributed by atoms with E-state index in [-0.39, 0.29) is 0 Å². The van der Waals surface area contributed by atoms with Crippen LogP contribution in [0.15, 0.2) is 133 Å². The number of benzene rings is 6. The van der Waals surface area contributed by atoms with Crippen LogP contribution in [0, 0.1) is 22.7 Å². The molecule has 0 saturated carbocycles. The normalized spacial score (nSPS) is 11.3. The van der Waals surface area contributed by atoms with Crippen LogP contribution in [0.4, 0.5) is 0 Å². The molecule has 2 aromatic heterocycles. The molecule has 0 atom stereocenters. The predicted octanol–water partition coefficient (Wildman–Crippen LogP) is 9.29. The molecule has 0 aliphatic heterocycles. The van der Waals surface area contributed by atoms with E-state index in [0.717, 1.165) is 60.5 Å². The monoisotopic (exact) mass is 534 g/mol. The Morgan fingerprint density at radius 3 is 1.05 bits per heavy atom. The fourth-order valence-electron chi connectivity index (χ4n) is 6.53. The Morgan fingerprint density at radius 1 is 0.357 bits per heavy atom. The third-order valence-corrected chi connectivity index (χ3v) is 8.22. The molecule has 194 valence electrons. The molecule has 0 saturated heterocycles. The Bertz CT molecular complexity index is 2170. The molecule has 0 amide bonds. The van der Waals surface area contributed by atoms with Gasteiger partial charge in [0.1, 0.15) is 0 Å². The Morgan fingerprint density at radius 2 is 0.690 bits per heavy atom. The second kappa shape index (κ2) is 9.24. The maximum absolute atomic E-state index is 10.4. The van der Waals surface area contributed by atoms with Gasteiger partial charge in [0.25, 0.3) is 0 Å². The minimum atomic E-state index is 0.462. The van der Waals surface area contributed by atoms with Gasteiger partial charge in [-0.1, -0.05) is 84.9 Å². The summed E-state index contributed by atoms with van der Waals surface area (Å²) in [4.78, 5) is 0. The van der Waals surface area contributed by atoms with E-state index in [9.17, 15) is 10.5 Å². The summed E-state index contributed by atoms with van der Waals surface area (Å²) in [6.45, 7) is 0. The topological polar surface area (TPSA) is 57.4 Å². The van der Waals surface area contributed by atoms with E-state index >= 15 is 0 Å². The molecule has 8 rings (SSSR count). The zero-order valence-electron chi connectivity index (χ0n) is 22.5. The van der Waals surface area contributed by atoms with Crippen LogP contribution >= 0.6 is 0 Å². The first-order chi connectivity index (χ1) is 20.8. The summed E-state index contributed by atoms with van der Waals surface area (Å²) in [6, 6.07) is 50.0. The molecular formula is C38H22N4. The van der Waals surface area contributed by atoms with E-state index in [2.05, 4.69) is 137 Å². The summed E-state index contributed by atoms with van der Waals surface area (Å²) in [7, 11) is 0. The van der Waals surface area contributed by atoms with Crippen molar-refractivity contribution in [1.29, 1.82) is 10.5 Å². The van der Waals surface area contributed by atoms with Crippen LogP contribution < -0.4 is 0 Å². The van der Waals surface area contributed by atoms with Crippen LogP contribution in [0.2, 0.25) is 0 Å². The highest BCUT2D eigenvalue weighted by Gasteiger charge is 2.24. The van der Waals surface area contributed by atoms with E-state index in [0.29, 0.717) is 16.7 Å². The van der Waals surface area contributed by atoms with Crippen molar-refractivity contribution in [3.05, 3.63) is 145 Å². The summed E-state index contributed by atoms with van der Waals surface area (Å²) in [6.07, 6.45) is 0.